The molecule has 0 aliphatic rings. The highest BCUT2D eigenvalue weighted by atomic mass is 32.1. The SMILES string of the molecule is COCCN(CCOC)CC(=O)Nc1cccc(-c2csc(C)n2)c1. The van der Waals surface area contributed by atoms with E-state index in [9.17, 15) is 4.79 Å². The maximum atomic E-state index is 12.4. The smallest absolute Gasteiger partial charge is 0.238 e. The molecular formula is C18H25N3O3S. The quantitative estimate of drug-likeness (QED) is 0.703. The first-order valence-corrected chi connectivity index (χ1v) is 9.03. The van der Waals surface area contributed by atoms with Crippen LogP contribution in [-0.2, 0) is 14.3 Å². The van der Waals surface area contributed by atoms with Crippen LogP contribution in [0.1, 0.15) is 5.01 Å². The average molecular weight is 363 g/mol. The van der Waals surface area contributed by atoms with Crippen LogP contribution in [-0.4, -0.2) is 62.9 Å². The number of aryl methyl sites for hydroxylation is 1. The number of carbonyl (C=O) groups is 1. The fourth-order valence-corrected chi connectivity index (χ4v) is 2.99. The summed E-state index contributed by atoms with van der Waals surface area (Å²) in [5.74, 6) is -0.0567. The molecule has 0 fully saturated rings. The van der Waals surface area contributed by atoms with Crippen molar-refractivity contribution in [2.24, 2.45) is 0 Å². The lowest BCUT2D eigenvalue weighted by Crippen LogP contribution is -2.37. The molecule has 1 heterocycles. The summed E-state index contributed by atoms with van der Waals surface area (Å²) in [6.07, 6.45) is 0. The van der Waals surface area contributed by atoms with Gasteiger partial charge in [-0.05, 0) is 19.1 Å². The lowest BCUT2D eigenvalue weighted by atomic mass is 10.1. The third kappa shape index (κ3) is 6.55. The van der Waals surface area contributed by atoms with Crippen molar-refractivity contribution < 1.29 is 14.3 Å². The molecule has 0 atom stereocenters. The molecule has 0 spiro atoms. The molecule has 1 aromatic heterocycles. The molecular weight excluding hydrogens is 338 g/mol. The van der Waals surface area contributed by atoms with Gasteiger partial charge in [0.2, 0.25) is 5.91 Å². The standard InChI is InChI=1S/C18H25N3O3S/c1-14-19-17(13-25-14)15-5-4-6-16(11-15)20-18(22)12-21(7-9-23-2)8-10-24-3/h4-6,11,13H,7-10,12H2,1-3H3,(H,20,22). The fraction of sp³-hybridized carbons (Fsp3) is 0.444. The van der Waals surface area contributed by atoms with Gasteiger partial charge in [-0.15, -0.1) is 11.3 Å². The zero-order valence-corrected chi connectivity index (χ0v) is 15.8. The third-order valence-electron chi connectivity index (χ3n) is 3.65. The first-order chi connectivity index (χ1) is 12.1. The molecule has 0 aliphatic heterocycles. The Morgan fingerprint density at radius 1 is 1.24 bits per heavy atom. The number of benzene rings is 1. The molecule has 1 N–H and O–H groups in total. The number of thiazole rings is 1. The number of aromatic nitrogens is 1. The number of amides is 1. The first-order valence-electron chi connectivity index (χ1n) is 8.15. The van der Waals surface area contributed by atoms with Crippen molar-refractivity contribution in [1.82, 2.24) is 9.88 Å². The van der Waals surface area contributed by atoms with Crippen molar-refractivity contribution in [3.63, 3.8) is 0 Å². The van der Waals surface area contributed by atoms with Crippen LogP contribution < -0.4 is 5.32 Å². The van der Waals surface area contributed by atoms with E-state index in [1.807, 2.05) is 41.5 Å². The maximum absolute atomic E-state index is 12.4. The molecule has 2 aromatic rings. The summed E-state index contributed by atoms with van der Waals surface area (Å²) in [6, 6.07) is 7.75. The Labute approximate surface area is 152 Å². The van der Waals surface area contributed by atoms with Gasteiger partial charge in [-0.2, -0.15) is 0 Å². The minimum atomic E-state index is -0.0567. The van der Waals surface area contributed by atoms with Gasteiger partial charge in [0.25, 0.3) is 0 Å². The summed E-state index contributed by atoms with van der Waals surface area (Å²) in [5, 5.41) is 6.00. The maximum Gasteiger partial charge on any atom is 0.238 e. The summed E-state index contributed by atoms with van der Waals surface area (Å²) in [4.78, 5) is 18.8. The van der Waals surface area contributed by atoms with Gasteiger partial charge < -0.3 is 14.8 Å². The molecule has 6 nitrogen and oxygen atoms in total. The predicted molar refractivity (Wildman–Crippen MR) is 101 cm³/mol. The minimum Gasteiger partial charge on any atom is -0.383 e. The summed E-state index contributed by atoms with van der Waals surface area (Å²) < 4.78 is 10.2. The van der Waals surface area contributed by atoms with E-state index in [4.69, 9.17) is 9.47 Å². The fourth-order valence-electron chi connectivity index (χ4n) is 2.37. The van der Waals surface area contributed by atoms with Crippen LogP contribution >= 0.6 is 11.3 Å². The number of hydrogen-bond donors (Lipinski definition) is 1. The number of carbonyl (C=O) groups excluding carboxylic acids is 1. The van der Waals surface area contributed by atoms with Crippen molar-refractivity contribution in [3.8, 4) is 11.3 Å². The topological polar surface area (TPSA) is 63.7 Å². The van der Waals surface area contributed by atoms with E-state index < -0.39 is 0 Å². The van der Waals surface area contributed by atoms with Crippen LogP contribution in [0.4, 0.5) is 5.69 Å². The summed E-state index contributed by atoms with van der Waals surface area (Å²) in [5.41, 5.74) is 2.70. The molecule has 0 unspecified atom stereocenters. The van der Waals surface area contributed by atoms with Gasteiger partial charge in [-0.1, -0.05) is 12.1 Å². The van der Waals surface area contributed by atoms with Gasteiger partial charge in [-0.3, -0.25) is 9.69 Å². The van der Waals surface area contributed by atoms with Crippen LogP contribution in [0, 0.1) is 6.92 Å². The van der Waals surface area contributed by atoms with Crippen LogP contribution in [0.25, 0.3) is 11.3 Å². The molecule has 25 heavy (non-hydrogen) atoms. The van der Waals surface area contributed by atoms with Gasteiger partial charge >= 0.3 is 0 Å². The number of hydrogen-bond acceptors (Lipinski definition) is 6. The van der Waals surface area contributed by atoms with Crippen molar-refractivity contribution in [2.75, 3.05) is 52.4 Å². The first kappa shape index (κ1) is 19.5. The van der Waals surface area contributed by atoms with E-state index in [2.05, 4.69) is 10.3 Å². The molecule has 0 radical (unpaired) electrons. The predicted octanol–water partition coefficient (Wildman–Crippen LogP) is 2.65. The molecule has 7 heteroatoms. The second-order valence-electron chi connectivity index (χ2n) is 5.64. The lowest BCUT2D eigenvalue weighted by Gasteiger charge is -2.21. The van der Waals surface area contributed by atoms with Crippen LogP contribution in [0.15, 0.2) is 29.6 Å². The monoisotopic (exact) mass is 363 g/mol. The van der Waals surface area contributed by atoms with Crippen molar-refractivity contribution in [2.45, 2.75) is 6.92 Å². The van der Waals surface area contributed by atoms with Crippen LogP contribution in [0.5, 0.6) is 0 Å². The third-order valence-corrected chi connectivity index (χ3v) is 4.43. The Hall–Kier alpha value is -1.80. The molecule has 0 saturated carbocycles. The summed E-state index contributed by atoms with van der Waals surface area (Å²) >= 11 is 1.61. The van der Waals surface area contributed by atoms with Gasteiger partial charge in [0.15, 0.2) is 0 Å². The zero-order chi connectivity index (χ0) is 18.1. The minimum absolute atomic E-state index is 0.0567. The van der Waals surface area contributed by atoms with Gasteiger partial charge in [0.05, 0.1) is 30.5 Å². The van der Waals surface area contributed by atoms with Gasteiger partial charge in [0.1, 0.15) is 0 Å². The van der Waals surface area contributed by atoms with Crippen molar-refractivity contribution in [1.29, 1.82) is 0 Å². The molecule has 0 aliphatic carbocycles. The number of nitrogens with one attached hydrogen (secondary N) is 1. The normalized spacial score (nSPS) is 11.0. The lowest BCUT2D eigenvalue weighted by molar-refractivity contribution is -0.117. The number of anilines is 1. The molecule has 0 bridgehead atoms. The van der Waals surface area contributed by atoms with E-state index in [1.165, 1.54) is 0 Å². The second kappa shape index (κ2) is 10.2. The average Bonchev–Trinajstić information content (AvgIpc) is 3.04. The number of methoxy groups -OCH3 is 2. The Morgan fingerprint density at radius 3 is 2.56 bits per heavy atom. The largest absolute Gasteiger partial charge is 0.383 e. The Morgan fingerprint density at radius 2 is 1.96 bits per heavy atom. The number of nitrogens with zero attached hydrogens (tertiary/aromatic N) is 2. The highest BCUT2D eigenvalue weighted by Gasteiger charge is 2.11. The Kier molecular flexibility index (Phi) is 8.00. The number of ether oxygens (including phenoxy) is 2. The van der Waals surface area contributed by atoms with E-state index in [0.717, 1.165) is 22.0 Å². The summed E-state index contributed by atoms with van der Waals surface area (Å²) in [7, 11) is 3.31. The van der Waals surface area contributed by atoms with E-state index in [-0.39, 0.29) is 5.91 Å². The molecule has 2 rings (SSSR count). The number of rotatable bonds is 10. The van der Waals surface area contributed by atoms with Crippen LogP contribution in [0.2, 0.25) is 0 Å². The Balaban J connectivity index is 1.96. The second-order valence-corrected chi connectivity index (χ2v) is 6.70. The van der Waals surface area contributed by atoms with Crippen LogP contribution in [0.3, 0.4) is 0 Å². The van der Waals surface area contributed by atoms with Gasteiger partial charge in [-0.25, -0.2) is 4.98 Å². The zero-order valence-electron chi connectivity index (χ0n) is 14.9. The molecule has 1 amide bonds. The van der Waals surface area contributed by atoms with Crippen molar-refractivity contribution >= 4 is 22.9 Å². The summed E-state index contributed by atoms with van der Waals surface area (Å²) in [6.45, 7) is 4.81. The molecule has 1 aromatic carbocycles. The highest BCUT2D eigenvalue weighted by Crippen LogP contribution is 2.24. The highest BCUT2D eigenvalue weighted by molar-refractivity contribution is 7.09. The Bertz CT molecular complexity index is 667. The van der Waals surface area contributed by atoms with E-state index >= 15 is 0 Å². The molecule has 136 valence electrons. The van der Waals surface area contributed by atoms with Gasteiger partial charge in [0, 0.05) is 43.9 Å². The van der Waals surface area contributed by atoms with Crippen molar-refractivity contribution in [3.05, 3.63) is 34.7 Å². The van der Waals surface area contributed by atoms with E-state index in [1.54, 1.807) is 25.6 Å². The van der Waals surface area contributed by atoms with E-state index in [0.29, 0.717) is 32.8 Å². The molecule has 0 saturated heterocycles.